The van der Waals surface area contributed by atoms with E-state index in [9.17, 15) is 10.1 Å². The second-order valence-electron chi connectivity index (χ2n) is 3.08. The maximum atomic E-state index is 10.6. The van der Waals surface area contributed by atoms with Crippen LogP contribution in [0.5, 0.6) is 0 Å². The van der Waals surface area contributed by atoms with Crippen LogP contribution in [0.15, 0.2) is 23.1 Å². The molecule has 1 aromatic rings. The SMILES string of the molecule is CSc1ccc([N+](=O)[O-])cc1[C](C)CO. The Bertz CT molecular complexity index is 368. The number of nitrogens with zero attached hydrogens (tertiary/aromatic N) is 1. The third-order valence-electron chi connectivity index (χ3n) is 2.09. The van der Waals surface area contributed by atoms with Crippen molar-refractivity contribution >= 4 is 17.4 Å². The molecule has 0 unspecified atom stereocenters. The van der Waals surface area contributed by atoms with Crippen molar-refractivity contribution < 1.29 is 10.0 Å². The fourth-order valence-corrected chi connectivity index (χ4v) is 1.89. The van der Waals surface area contributed by atoms with Crippen LogP contribution >= 0.6 is 11.8 Å². The van der Waals surface area contributed by atoms with E-state index in [0.717, 1.165) is 16.4 Å². The molecule has 1 N–H and O–H groups in total. The quantitative estimate of drug-likeness (QED) is 0.486. The van der Waals surface area contributed by atoms with Gasteiger partial charge in [-0.05, 0) is 17.9 Å². The molecule has 4 nitrogen and oxygen atoms in total. The van der Waals surface area contributed by atoms with Gasteiger partial charge in [-0.15, -0.1) is 11.8 Å². The Kier molecular flexibility index (Phi) is 4.11. The van der Waals surface area contributed by atoms with Gasteiger partial charge in [0.1, 0.15) is 0 Å². The smallest absolute Gasteiger partial charge is 0.269 e. The topological polar surface area (TPSA) is 63.4 Å². The summed E-state index contributed by atoms with van der Waals surface area (Å²) in [6.45, 7) is 1.67. The highest BCUT2D eigenvalue weighted by molar-refractivity contribution is 7.98. The molecule has 0 aromatic heterocycles. The summed E-state index contributed by atoms with van der Waals surface area (Å²) in [4.78, 5) is 11.1. The Morgan fingerprint density at radius 3 is 2.73 bits per heavy atom. The molecule has 5 heteroatoms. The number of hydrogen-bond acceptors (Lipinski definition) is 4. The molecule has 81 valence electrons. The number of hydrogen-bond donors (Lipinski definition) is 1. The molecule has 0 bridgehead atoms. The van der Waals surface area contributed by atoms with Gasteiger partial charge >= 0.3 is 0 Å². The Morgan fingerprint density at radius 1 is 1.60 bits per heavy atom. The molecule has 0 aliphatic carbocycles. The third kappa shape index (κ3) is 2.70. The van der Waals surface area contributed by atoms with Gasteiger partial charge < -0.3 is 5.11 Å². The van der Waals surface area contributed by atoms with Crippen molar-refractivity contribution in [3.8, 4) is 0 Å². The first-order valence-corrected chi connectivity index (χ1v) is 5.58. The maximum Gasteiger partial charge on any atom is 0.269 e. The fraction of sp³-hybridized carbons (Fsp3) is 0.300. The van der Waals surface area contributed by atoms with Gasteiger partial charge in [0.25, 0.3) is 5.69 Å². The predicted octanol–water partition coefficient (Wildman–Crippen LogP) is 2.25. The summed E-state index contributed by atoms with van der Waals surface area (Å²) in [6.07, 6.45) is 1.90. The van der Waals surface area contributed by atoms with Gasteiger partial charge in [0.15, 0.2) is 0 Å². The van der Waals surface area contributed by atoms with Crippen LogP contribution in [-0.2, 0) is 0 Å². The van der Waals surface area contributed by atoms with Gasteiger partial charge in [0, 0.05) is 22.9 Å². The van der Waals surface area contributed by atoms with Gasteiger partial charge in [-0.25, -0.2) is 0 Å². The Hall–Kier alpha value is -1.07. The number of benzene rings is 1. The average molecular weight is 226 g/mol. The van der Waals surface area contributed by atoms with E-state index in [1.807, 2.05) is 6.26 Å². The Morgan fingerprint density at radius 2 is 2.27 bits per heavy atom. The molecule has 1 rings (SSSR count). The lowest BCUT2D eigenvalue weighted by Crippen LogP contribution is -2.02. The minimum absolute atomic E-state index is 0.0515. The van der Waals surface area contributed by atoms with Crippen LogP contribution in [0.1, 0.15) is 12.5 Å². The van der Waals surface area contributed by atoms with Crippen molar-refractivity contribution in [1.29, 1.82) is 0 Å². The second kappa shape index (κ2) is 5.14. The summed E-state index contributed by atoms with van der Waals surface area (Å²) in [7, 11) is 0. The highest BCUT2D eigenvalue weighted by atomic mass is 32.2. The van der Waals surface area contributed by atoms with Crippen molar-refractivity contribution in [2.75, 3.05) is 12.9 Å². The zero-order valence-electron chi connectivity index (χ0n) is 8.56. The zero-order chi connectivity index (χ0) is 11.4. The molecule has 0 amide bonds. The van der Waals surface area contributed by atoms with Gasteiger partial charge in [-0.3, -0.25) is 10.1 Å². The van der Waals surface area contributed by atoms with Crippen molar-refractivity contribution in [1.82, 2.24) is 0 Å². The second-order valence-corrected chi connectivity index (χ2v) is 3.93. The molecule has 1 aromatic carbocycles. The third-order valence-corrected chi connectivity index (χ3v) is 2.89. The summed E-state index contributed by atoms with van der Waals surface area (Å²) in [5.74, 6) is 0.739. The van der Waals surface area contributed by atoms with E-state index >= 15 is 0 Å². The van der Waals surface area contributed by atoms with E-state index < -0.39 is 4.92 Å². The largest absolute Gasteiger partial charge is 0.395 e. The number of thioether (sulfide) groups is 1. The van der Waals surface area contributed by atoms with Gasteiger partial charge in [0.05, 0.1) is 11.5 Å². The summed E-state index contributed by atoms with van der Waals surface area (Å²) in [6, 6.07) is 4.68. The van der Waals surface area contributed by atoms with E-state index in [1.54, 1.807) is 13.0 Å². The first-order chi connectivity index (χ1) is 7.10. The van der Waals surface area contributed by atoms with Crippen molar-refractivity contribution in [2.24, 2.45) is 0 Å². The molecule has 1 radical (unpaired) electrons. The van der Waals surface area contributed by atoms with Crippen LogP contribution in [-0.4, -0.2) is 22.9 Å². The van der Waals surface area contributed by atoms with E-state index in [2.05, 4.69) is 0 Å². The standard InChI is InChI=1S/C10H12NO3S/c1-7(6-12)9-5-8(11(13)14)3-4-10(9)15-2/h3-5,12H,6H2,1-2H3. The van der Waals surface area contributed by atoms with Crippen molar-refractivity contribution in [3.63, 3.8) is 0 Å². The Labute approximate surface area is 92.5 Å². The van der Waals surface area contributed by atoms with Crippen LogP contribution < -0.4 is 0 Å². The van der Waals surface area contributed by atoms with Crippen molar-refractivity contribution in [3.05, 3.63) is 39.8 Å². The molecule has 0 aliphatic rings. The number of aliphatic hydroxyl groups is 1. The minimum atomic E-state index is -0.432. The lowest BCUT2D eigenvalue weighted by atomic mass is 10.0. The summed E-state index contributed by atoms with van der Waals surface area (Å²) < 4.78 is 0. The fourth-order valence-electron chi connectivity index (χ4n) is 1.23. The van der Waals surface area contributed by atoms with E-state index in [4.69, 9.17) is 5.11 Å². The number of nitro groups is 1. The van der Waals surface area contributed by atoms with Crippen LogP contribution in [0.3, 0.4) is 0 Å². The molecular weight excluding hydrogens is 214 g/mol. The monoisotopic (exact) mass is 226 g/mol. The number of rotatable bonds is 4. The van der Waals surface area contributed by atoms with Crippen LogP contribution in [0.4, 0.5) is 5.69 Å². The molecular formula is C10H12NO3S. The predicted molar refractivity (Wildman–Crippen MR) is 60.0 cm³/mol. The molecule has 0 saturated carbocycles. The minimum Gasteiger partial charge on any atom is -0.395 e. The van der Waals surface area contributed by atoms with E-state index in [1.165, 1.54) is 23.9 Å². The zero-order valence-corrected chi connectivity index (χ0v) is 9.37. The van der Waals surface area contributed by atoms with Crippen LogP contribution in [0.2, 0.25) is 0 Å². The Balaban J connectivity index is 3.18. The first kappa shape index (κ1) is 12.0. The number of nitro benzene ring substituents is 1. The lowest BCUT2D eigenvalue weighted by Gasteiger charge is -2.11. The molecule has 0 aliphatic heterocycles. The average Bonchev–Trinajstić information content (AvgIpc) is 2.27. The van der Waals surface area contributed by atoms with Crippen molar-refractivity contribution in [2.45, 2.75) is 11.8 Å². The van der Waals surface area contributed by atoms with Gasteiger partial charge in [0.2, 0.25) is 0 Å². The molecule has 0 atom stereocenters. The normalized spacial score (nSPS) is 10.7. The molecule has 0 saturated heterocycles. The van der Waals surface area contributed by atoms with E-state index in [-0.39, 0.29) is 12.3 Å². The highest BCUT2D eigenvalue weighted by Gasteiger charge is 2.15. The summed E-state index contributed by atoms with van der Waals surface area (Å²) in [5, 5.41) is 19.6. The number of aliphatic hydroxyl groups excluding tert-OH is 1. The van der Waals surface area contributed by atoms with Crippen LogP contribution in [0, 0.1) is 16.0 Å². The molecule has 0 heterocycles. The summed E-state index contributed by atoms with van der Waals surface area (Å²) >= 11 is 1.50. The number of non-ortho nitro benzene ring substituents is 1. The maximum absolute atomic E-state index is 10.6. The summed E-state index contributed by atoms with van der Waals surface area (Å²) in [5.41, 5.74) is 0.801. The molecule has 0 spiro atoms. The highest BCUT2D eigenvalue weighted by Crippen LogP contribution is 2.29. The van der Waals surface area contributed by atoms with Gasteiger partial charge in [-0.1, -0.05) is 6.92 Å². The first-order valence-electron chi connectivity index (χ1n) is 4.36. The van der Waals surface area contributed by atoms with Crippen LogP contribution in [0.25, 0.3) is 0 Å². The van der Waals surface area contributed by atoms with Gasteiger partial charge in [-0.2, -0.15) is 0 Å². The molecule has 15 heavy (non-hydrogen) atoms. The lowest BCUT2D eigenvalue weighted by molar-refractivity contribution is -0.385. The molecule has 0 fully saturated rings. The van der Waals surface area contributed by atoms with E-state index in [0.29, 0.717) is 0 Å².